The smallest absolute Gasteiger partial charge is 0.341 e. The molecule has 2 heterocycles. The monoisotopic (exact) mass is 524 g/mol. The Morgan fingerprint density at radius 1 is 1.03 bits per heavy atom. The highest BCUT2D eigenvalue weighted by atomic mass is 32.2. The summed E-state index contributed by atoms with van der Waals surface area (Å²) in [5.41, 5.74) is 1.92. The molecule has 0 bridgehead atoms. The van der Waals surface area contributed by atoms with Gasteiger partial charge < -0.3 is 24.1 Å². The van der Waals surface area contributed by atoms with Crippen LogP contribution in [0.2, 0.25) is 0 Å². The summed E-state index contributed by atoms with van der Waals surface area (Å²) in [7, 11) is 4.74. The summed E-state index contributed by atoms with van der Waals surface area (Å²) in [6, 6.07) is 16.7. The molecule has 11 heteroatoms. The second-order valence-corrected chi connectivity index (χ2v) is 9.29. The van der Waals surface area contributed by atoms with Gasteiger partial charge in [-0.3, -0.25) is 4.79 Å². The largest absolute Gasteiger partial charge is 0.497 e. The average Bonchev–Trinajstić information content (AvgIpc) is 3.49. The van der Waals surface area contributed by atoms with Crippen molar-refractivity contribution in [3.8, 4) is 22.6 Å². The molecule has 0 spiro atoms. The molecule has 9 nitrogen and oxygen atoms in total. The topological polar surface area (TPSA) is 105 Å². The number of thioether (sulfide) groups is 1. The quantitative estimate of drug-likeness (QED) is 0.236. The number of amides is 1. The van der Waals surface area contributed by atoms with E-state index in [1.807, 2.05) is 67.0 Å². The van der Waals surface area contributed by atoms with Crippen LogP contribution < -0.4 is 14.8 Å². The zero-order valence-electron chi connectivity index (χ0n) is 19.9. The van der Waals surface area contributed by atoms with E-state index < -0.39 is 5.97 Å². The minimum absolute atomic E-state index is 0.0878. The summed E-state index contributed by atoms with van der Waals surface area (Å²) in [4.78, 5) is 25.2. The van der Waals surface area contributed by atoms with Crippen LogP contribution in [0.4, 0.5) is 5.00 Å². The van der Waals surface area contributed by atoms with Crippen LogP contribution in [0.1, 0.15) is 16.2 Å². The lowest BCUT2D eigenvalue weighted by molar-refractivity contribution is -0.113. The molecule has 0 aliphatic rings. The van der Waals surface area contributed by atoms with Crippen LogP contribution in [-0.4, -0.2) is 46.6 Å². The van der Waals surface area contributed by atoms with Crippen LogP contribution in [0.15, 0.2) is 65.1 Å². The SMILES string of the molecule is COC(=O)c1c(-c2ccccc2)csc1NC(=O)CSc1nnc(COc2ccc(OC)cc2)n1C. The van der Waals surface area contributed by atoms with Crippen molar-refractivity contribution < 1.29 is 23.8 Å². The van der Waals surface area contributed by atoms with E-state index in [1.54, 1.807) is 11.7 Å². The highest BCUT2D eigenvalue weighted by molar-refractivity contribution is 7.99. The van der Waals surface area contributed by atoms with E-state index in [9.17, 15) is 9.59 Å². The average molecular weight is 525 g/mol. The number of ether oxygens (including phenoxy) is 3. The predicted octanol–water partition coefficient (Wildman–Crippen LogP) is 4.65. The molecule has 36 heavy (non-hydrogen) atoms. The van der Waals surface area contributed by atoms with Gasteiger partial charge in [-0.05, 0) is 29.8 Å². The third-order valence-electron chi connectivity index (χ3n) is 5.20. The molecular formula is C25H24N4O5S2. The van der Waals surface area contributed by atoms with E-state index in [0.29, 0.717) is 32.9 Å². The predicted molar refractivity (Wildman–Crippen MR) is 139 cm³/mol. The van der Waals surface area contributed by atoms with Gasteiger partial charge in [-0.25, -0.2) is 4.79 Å². The maximum absolute atomic E-state index is 12.7. The number of hydrogen-bond donors (Lipinski definition) is 1. The number of carbonyl (C=O) groups excluding carboxylic acids is 2. The van der Waals surface area contributed by atoms with Gasteiger partial charge in [-0.1, -0.05) is 42.1 Å². The zero-order valence-corrected chi connectivity index (χ0v) is 21.5. The summed E-state index contributed by atoms with van der Waals surface area (Å²) in [5, 5.41) is 14.0. The fraction of sp³-hybridized carbons (Fsp3) is 0.200. The van der Waals surface area contributed by atoms with E-state index >= 15 is 0 Å². The molecule has 2 aromatic heterocycles. The molecule has 0 radical (unpaired) electrons. The van der Waals surface area contributed by atoms with Gasteiger partial charge in [-0.2, -0.15) is 0 Å². The lowest BCUT2D eigenvalue weighted by Gasteiger charge is -2.08. The Labute approximate surface area is 216 Å². The molecule has 186 valence electrons. The lowest BCUT2D eigenvalue weighted by atomic mass is 10.0. The van der Waals surface area contributed by atoms with Crippen molar-refractivity contribution in [1.29, 1.82) is 0 Å². The minimum Gasteiger partial charge on any atom is -0.497 e. The van der Waals surface area contributed by atoms with Crippen molar-refractivity contribution in [3.63, 3.8) is 0 Å². The molecule has 0 atom stereocenters. The van der Waals surface area contributed by atoms with Crippen molar-refractivity contribution in [1.82, 2.24) is 14.8 Å². The van der Waals surface area contributed by atoms with Crippen molar-refractivity contribution in [2.24, 2.45) is 7.05 Å². The van der Waals surface area contributed by atoms with Crippen molar-refractivity contribution >= 4 is 40.0 Å². The van der Waals surface area contributed by atoms with Gasteiger partial charge in [0.1, 0.15) is 28.7 Å². The van der Waals surface area contributed by atoms with Crippen LogP contribution in [-0.2, 0) is 23.2 Å². The van der Waals surface area contributed by atoms with Crippen LogP contribution in [0.25, 0.3) is 11.1 Å². The highest BCUT2D eigenvalue weighted by Gasteiger charge is 2.22. The number of thiophene rings is 1. The third-order valence-corrected chi connectivity index (χ3v) is 7.12. The number of esters is 1. The Balaban J connectivity index is 1.37. The summed E-state index contributed by atoms with van der Waals surface area (Å²) in [5.74, 6) is 1.35. The van der Waals surface area contributed by atoms with Crippen molar-refractivity contribution in [2.75, 3.05) is 25.3 Å². The van der Waals surface area contributed by atoms with E-state index in [1.165, 1.54) is 30.2 Å². The first-order chi connectivity index (χ1) is 17.5. The van der Waals surface area contributed by atoms with Crippen LogP contribution in [0.5, 0.6) is 11.5 Å². The van der Waals surface area contributed by atoms with Crippen molar-refractivity contribution in [3.05, 3.63) is 71.4 Å². The van der Waals surface area contributed by atoms with Gasteiger partial charge in [0.2, 0.25) is 5.91 Å². The number of aromatic nitrogens is 3. The van der Waals surface area contributed by atoms with Crippen LogP contribution in [0.3, 0.4) is 0 Å². The number of methoxy groups -OCH3 is 2. The van der Waals surface area contributed by atoms with Crippen LogP contribution >= 0.6 is 23.1 Å². The molecule has 0 saturated carbocycles. The van der Waals surface area contributed by atoms with Gasteiger partial charge in [0.25, 0.3) is 0 Å². The summed E-state index contributed by atoms with van der Waals surface area (Å²) in [6.07, 6.45) is 0. The second-order valence-electron chi connectivity index (χ2n) is 7.47. The zero-order chi connectivity index (χ0) is 25.5. The molecule has 0 unspecified atom stereocenters. The first kappa shape index (κ1) is 25.3. The number of carbonyl (C=O) groups is 2. The minimum atomic E-state index is -0.507. The number of anilines is 1. The molecule has 1 amide bonds. The van der Waals surface area contributed by atoms with E-state index in [2.05, 4.69) is 15.5 Å². The van der Waals surface area contributed by atoms with E-state index in [0.717, 1.165) is 11.3 Å². The maximum Gasteiger partial charge on any atom is 0.341 e. The normalized spacial score (nSPS) is 10.6. The highest BCUT2D eigenvalue weighted by Crippen LogP contribution is 2.36. The molecule has 0 saturated heterocycles. The van der Waals surface area contributed by atoms with Gasteiger partial charge in [0.15, 0.2) is 11.0 Å². The fourth-order valence-corrected chi connectivity index (χ4v) is 5.00. The maximum atomic E-state index is 12.7. The summed E-state index contributed by atoms with van der Waals surface area (Å²) >= 11 is 2.52. The molecule has 4 rings (SSSR count). The van der Waals surface area contributed by atoms with Crippen LogP contribution in [0, 0.1) is 0 Å². The molecule has 0 fully saturated rings. The standard InChI is InChI=1S/C25H24N4O5S2/c1-29-20(13-34-18-11-9-17(32-2)10-12-18)27-28-25(29)36-15-21(30)26-23-22(24(31)33-3)19(14-35-23)16-7-5-4-6-8-16/h4-12,14H,13,15H2,1-3H3,(H,26,30). The van der Waals surface area contributed by atoms with E-state index in [4.69, 9.17) is 14.2 Å². The number of rotatable bonds is 10. The second kappa shape index (κ2) is 11.7. The Hall–Kier alpha value is -3.83. The molecule has 1 N–H and O–H groups in total. The first-order valence-electron chi connectivity index (χ1n) is 10.8. The third kappa shape index (κ3) is 5.86. The Bertz CT molecular complexity index is 1340. The van der Waals surface area contributed by atoms with Gasteiger partial charge in [0, 0.05) is 18.0 Å². The summed E-state index contributed by atoms with van der Waals surface area (Å²) < 4.78 is 17.7. The fourth-order valence-electron chi connectivity index (χ4n) is 3.29. The van der Waals surface area contributed by atoms with Gasteiger partial charge in [-0.15, -0.1) is 21.5 Å². The number of hydrogen-bond acceptors (Lipinski definition) is 9. The number of nitrogens with zero attached hydrogens (tertiary/aromatic N) is 3. The molecular weight excluding hydrogens is 500 g/mol. The Morgan fingerprint density at radius 2 is 1.75 bits per heavy atom. The molecule has 0 aliphatic heterocycles. The summed E-state index contributed by atoms with van der Waals surface area (Å²) in [6.45, 7) is 0.225. The Morgan fingerprint density at radius 3 is 2.44 bits per heavy atom. The van der Waals surface area contributed by atoms with E-state index in [-0.39, 0.29) is 18.3 Å². The number of nitrogens with one attached hydrogen (secondary N) is 1. The molecule has 0 aliphatic carbocycles. The number of benzene rings is 2. The molecule has 4 aromatic rings. The Kier molecular flexibility index (Phi) is 8.24. The van der Waals surface area contributed by atoms with Gasteiger partial charge in [0.05, 0.1) is 20.0 Å². The first-order valence-corrected chi connectivity index (χ1v) is 12.7. The molecule has 2 aromatic carbocycles. The van der Waals surface area contributed by atoms with Crippen molar-refractivity contribution in [2.45, 2.75) is 11.8 Å². The van der Waals surface area contributed by atoms with Gasteiger partial charge >= 0.3 is 5.97 Å². The lowest BCUT2D eigenvalue weighted by Crippen LogP contribution is -2.16.